The molecule has 0 aromatic heterocycles. The largest absolute Gasteiger partial charge is 0.332 e. The van der Waals surface area contributed by atoms with Gasteiger partial charge in [0.1, 0.15) is 17.5 Å². The first-order valence-corrected chi connectivity index (χ1v) is 7.01. The van der Waals surface area contributed by atoms with E-state index in [1.165, 1.54) is 17.0 Å². The van der Waals surface area contributed by atoms with Crippen molar-refractivity contribution in [1.82, 2.24) is 4.90 Å². The van der Waals surface area contributed by atoms with Crippen LogP contribution in [0.2, 0.25) is 0 Å². The number of hydrogen-bond donors (Lipinski definition) is 0. The molecule has 0 radical (unpaired) electrons. The molecule has 114 valence electrons. The molecule has 0 saturated carbocycles. The molecule has 0 spiro atoms. The molecule has 2 nitrogen and oxygen atoms in total. The summed E-state index contributed by atoms with van der Waals surface area (Å²) >= 11 is 0. The van der Waals surface area contributed by atoms with Gasteiger partial charge in [0.15, 0.2) is 0 Å². The average Bonchev–Trinajstić information content (AvgIpc) is 2.46. The fourth-order valence-corrected chi connectivity index (χ4v) is 2.91. The van der Waals surface area contributed by atoms with Crippen molar-refractivity contribution in [2.24, 2.45) is 0 Å². The highest BCUT2D eigenvalue weighted by atomic mass is 19.1. The molecule has 1 atom stereocenters. The summed E-state index contributed by atoms with van der Waals surface area (Å²) in [5, 5.41) is 0. The Bertz CT molecular complexity index is 724. The zero-order valence-corrected chi connectivity index (χ0v) is 11.9. The minimum absolute atomic E-state index is 0.0378. The van der Waals surface area contributed by atoms with E-state index in [-0.39, 0.29) is 17.4 Å². The predicted octanol–water partition coefficient (Wildman–Crippen LogP) is 3.86. The molecular weight excluding hydrogens is 291 g/mol. The Hall–Kier alpha value is -2.30. The van der Waals surface area contributed by atoms with Crippen molar-refractivity contribution in [2.45, 2.75) is 19.4 Å². The van der Waals surface area contributed by atoms with Crippen LogP contribution in [0.5, 0.6) is 0 Å². The normalized spacial score (nSPS) is 17.3. The highest BCUT2D eigenvalue weighted by molar-refractivity contribution is 5.94. The Kier molecular flexibility index (Phi) is 3.64. The molecule has 0 fully saturated rings. The summed E-state index contributed by atoms with van der Waals surface area (Å²) in [5.41, 5.74) is 1.68. The number of fused-ring (bicyclic) bond motifs is 1. The average molecular weight is 305 g/mol. The van der Waals surface area contributed by atoms with Crippen LogP contribution in [0.4, 0.5) is 13.2 Å². The van der Waals surface area contributed by atoms with Crippen LogP contribution in [0.25, 0.3) is 0 Å². The van der Waals surface area contributed by atoms with Crippen molar-refractivity contribution in [3.05, 3.63) is 70.5 Å². The van der Waals surface area contributed by atoms with Gasteiger partial charge >= 0.3 is 0 Å². The van der Waals surface area contributed by atoms with Gasteiger partial charge in [-0.2, -0.15) is 0 Å². The number of amides is 1. The topological polar surface area (TPSA) is 20.3 Å². The van der Waals surface area contributed by atoms with Gasteiger partial charge < -0.3 is 4.90 Å². The third-order valence-electron chi connectivity index (χ3n) is 4.02. The number of halogens is 3. The number of benzene rings is 2. The van der Waals surface area contributed by atoms with Crippen LogP contribution in [0.1, 0.15) is 34.5 Å². The Morgan fingerprint density at radius 3 is 2.41 bits per heavy atom. The summed E-state index contributed by atoms with van der Waals surface area (Å²) in [6.07, 6.45) is 0.587. The molecule has 0 N–H and O–H groups in total. The number of hydrogen-bond acceptors (Lipinski definition) is 1. The van der Waals surface area contributed by atoms with E-state index in [4.69, 9.17) is 0 Å². The molecule has 0 saturated heterocycles. The molecule has 2 aromatic carbocycles. The molecule has 5 heteroatoms. The first kappa shape index (κ1) is 14.6. The summed E-state index contributed by atoms with van der Waals surface area (Å²) in [7, 11) is 0. The van der Waals surface area contributed by atoms with Crippen molar-refractivity contribution >= 4 is 5.91 Å². The highest BCUT2D eigenvalue weighted by Gasteiger charge is 2.29. The van der Waals surface area contributed by atoms with Crippen molar-refractivity contribution in [2.75, 3.05) is 6.54 Å². The molecule has 3 rings (SSSR count). The summed E-state index contributed by atoms with van der Waals surface area (Å²) < 4.78 is 40.0. The molecule has 1 heterocycles. The lowest BCUT2D eigenvalue weighted by molar-refractivity contribution is 0.0676. The van der Waals surface area contributed by atoms with E-state index in [2.05, 4.69) is 0 Å². The lowest BCUT2D eigenvalue weighted by atomic mass is 9.93. The van der Waals surface area contributed by atoms with Crippen molar-refractivity contribution in [3.8, 4) is 0 Å². The van der Waals surface area contributed by atoms with Crippen LogP contribution in [0.3, 0.4) is 0 Å². The van der Waals surface area contributed by atoms with Crippen LogP contribution >= 0.6 is 0 Å². The summed E-state index contributed by atoms with van der Waals surface area (Å²) in [6.45, 7) is 2.21. The van der Waals surface area contributed by atoms with E-state index in [0.717, 1.165) is 29.3 Å². The Morgan fingerprint density at radius 1 is 1.05 bits per heavy atom. The van der Waals surface area contributed by atoms with Crippen molar-refractivity contribution in [3.63, 3.8) is 0 Å². The maximum Gasteiger partial charge on any atom is 0.254 e. The molecular formula is C17H14F3NO. The van der Waals surface area contributed by atoms with E-state index in [9.17, 15) is 18.0 Å². The van der Waals surface area contributed by atoms with Crippen molar-refractivity contribution in [1.29, 1.82) is 0 Å². The van der Waals surface area contributed by atoms with Crippen LogP contribution in [-0.2, 0) is 6.42 Å². The molecule has 1 aliphatic rings. The van der Waals surface area contributed by atoms with Gasteiger partial charge in [-0.1, -0.05) is 6.07 Å². The predicted molar refractivity (Wildman–Crippen MR) is 75.9 cm³/mol. The van der Waals surface area contributed by atoms with Gasteiger partial charge in [0.05, 0.1) is 6.04 Å². The fourth-order valence-electron chi connectivity index (χ4n) is 2.91. The minimum Gasteiger partial charge on any atom is -0.332 e. The summed E-state index contributed by atoms with van der Waals surface area (Å²) in [4.78, 5) is 14.0. The summed E-state index contributed by atoms with van der Waals surface area (Å²) in [5.74, 6) is -2.41. The molecule has 0 bridgehead atoms. The second-order valence-electron chi connectivity index (χ2n) is 5.43. The monoisotopic (exact) mass is 305 g/mol. The van der Waals surface area contributed by atoms with E-state index >= 15 is 0 Å². The third kappa shape index (κ3) is 2.58. The number of nitrogens with zero attached hydrogens (tertiary/aromatic N) is 1. The lowest BCUT2D eigenvalue weighted by Crippen LogP contribution is -2.39. The van der Waals surface area contributed by atoms with Crippen LogP contribution in [0, 0.1) is 17.5 Å². The van der Waals surface area contributed by atoms with Gasteiger partial charge in [-0.15, -0.1) is 0 Å². The zero-order valence-electron chi connectivity index (χ0n) is 11.9. The maximum atomic E-state index is 13.4. The second-order valence-corrected chi connectivity index (χ2v) is 5.43. The SMILES string of the molecule is CC1c2cc(F)ccc2CCN1C(=O)c1cc(F)cc(F)c1. The second kappa shape index (κ2) is 5.48. The van der Waals surface area contributed by atoms with Crippen molar-refractivity contribution < 1.29 is 18.0 Å². The molecule has 1 unspecified atom stereocenters. The smallest absolute Gasteiger partial charge is 0.254 e. The van der Waals surface area contributed by atoms with E-state index in [1.54, 1.807) is 13.0 Å². The molecule has 1 amide bonds. The van der Waals surface area contributed by atoms with Gasteiger partial charge in [-0.3, -0.25) is 4.79 Å². The third-order valence-corrected chi connectivity index (χ3v) is 4.02. The quantitative estimate of drug-likeness (QED) is 0.783. The fraction of sp³-hybridized carbons (Fsp3) is 0.235. The molecule has 1 aliphatic heterocycles. The van der Waals surface area contributed by atoms with Gasteiger partial charge in [0, 0.05) is 18.2 Å². The molecule has 0 aliphatic carbocycles. The minimum atomic E-state index is -0.792. The number of carbonyl (C=O) groups is 1. The van der Waals surface area contributed by atoms with E-state index in [0.29, 0.717) is 13.0 Å². The first-order chi connectivity index (χ1) is 10.5. The Morgan fingerprint density at radius 2 is 1.73 bits per heavy atom. The maximum absolute atomic E-state index is 13.4. The first-order valence-electron chi connectivity index (χ1n) is 7.01. The molecule has 22 heavy (non-hydrogen) atoms. The van der Waals surface area contributed by atoms with Gasteiger partial charge in [-0.25, -0.2) is 13.2 Å². The number of rotatable bonds is 1. The van der Waals surface area contributed by atoms with E-state index in [1.807, 2.05) is 0 Å². The van der Waals surface area contributed by atoms with Crippen LogP contribution in [-0.4, -0.2) is 17.4 Å². The van der Waals surface area contributed by atoms with E-state index < -0.39 is 17.5 Å². The molecule has 2 aromatic rings. The van der Waals surface area contributed by atoms with Crippen LogP contribution in [0.15, 0.2) is 36.4 Å². The van der Waals surface area contributed by atoms with Gasteiger partial charge in [0.2, 0.25) is 0 Å². The number of carbonyl (C=O) groups excluding carboxylic acids is 1. The Labute approximate surface area is 126 Å². The van der Waals surface area contributed by atoms with Crippen LogP contribution < -0.4 is 0 Å². The zero-order chi connectivity index (χ0) is 15.9. The Balaban J connectivity index is 1.94. The van der Waals surface area contributed by atoms with Gasteiger partial charge in [0.25, 0.3) is 5.91 Å². The highest BCUT2D eigenvalue weighted by Crippen LogP contribution is 2.31. The standard InChI is InChI=1S/C17H14F3NO/c1-10-16-9-13(18)3-2-11(16)4-5-21(10)17(22)12-6-14(19)8-15(20)7-12/h2-3,6-10H,4-5H2,1H3. The lowest BCUT2D eigenvalue weighted by Gasteiger charge is -2.35. The van der Waals surface area contributed by atoms with Gasteiger partial charge in [-0.05, 0) is 48.7 Å². The summed E-state index contributed by atoms with van der Waals surface area (Å²) in [6, 6.07) is 6.92.